The van der Waals surface area contributed by atoms with Crippen molar-refractivity contribution in [3.05, 3.63) is 64.3 Å². The van der Waals surface area contributed by atoms with Gasteiger partial charge in [-0.15, -0.1) is 0 Å². The van der Waals surface area contributed by atoms with Crippen molar-refractivity contribution in [3.63, 3.8) is 0 Å². The van der Waals surface area contributed by atoms with E-state index >= 15 is 0 Å². The summed E-state index contributed by atoms with van der Waals surface area (Å²) in [5.74, 6) is -0.0774. The summed E-state index contributed by atoms with van der Waals surface area (Å²) in [5.41, 5.74) is 11.3. The molecule has 0 bridgehead atoms. The number of ether oxygens (including phenoxy) is 2. The summed E-state index contributed by atoms with van der Waals surface area (Å²) in [6.45, 7) is 8.46. The van der Waals surface area contributed by atoms with E-state index in [9.17, 15) is 4.79 Å². The van der Waals surface area contributed by atoms with E-state index in [2.05, 4.69) is 10.0 Å². The van der Waals surface area contributed by atoms with E-state index in [-0.39, 0.29) is 11.8 Å². The van der Waals surface area contributed by atoms with Gasteiger partial charge in [0, 0.05) is 30.6 Å². The van der Waals surface area contributed by atoms with Gasteiger partial charge in [-0.25, -0.2) is 4.79 Å². The summed E-state index contributed by atoms with van der Waals surface area (Å²) < 4.78 is 13.9. The molecule has 0 spiro atoms. The fraction of sp³-hybridized carbons (Fsp3) is 0.393. The number of nitrogens with one attached hydrogen (secondary N) is 4. The normalized spacial score (nSPS) is 15.0. The van der Waals surface area contributed by atoms with Crippen LogP contribution in [-0.2, 0) is 4.74 Å². The van der Waals surface area contributed by atoms with Gasteiger partial charge in [-0.1, -0.05) is 25.1 Å². The molecule has 0 radical (unpaired) electrons. The van der Waals surface area contributed by atoms with Crippen molar-refractivity contribution in [1.29, 1.82) is 10.8 Å². The van der Waals surface area contributed by atoms with Gasteiger partial charge in [0.05, 0.1) is 17.9 Å². The van der Waals surface area contributed by atoms with Crippen molar-refractivity contribution in [2.24, 2.45) is 11.7 Å². The Morgan fingerprint density at radius 1 is 1.24 bits per heavy atom. The van der Waals surface area contributed by atoms with Crippen LogP contribution in [0.1, 0.15) is 53.5 Å². The summed E-state index contributed by atoms with van der Waals surface area (Å²) in [6, 6.07) is 10.5. The molecule has 2 unspecified atom stereocenters. The van der Waals surface area contributed by atoms with E-state index in [0.717, 1.165) is 56.9 Å². The molecule has 6 N–H and O–H groups in total. The Morgan fingerprint density at radius 2 is 1.97 bits per heavy atom. The van der Waals surface area contributed by atoms with Crippen LogP contribution in [0.5, 0.6) is 5.75 Å². The summed E-state index contributed by atoms with van der Waals surface area (Å²) in [4.78, 5) is 12.4. The molecule has 0 aromatic heterocycles. The van der Waals surface area contributed by atoms with Crippen LogP contribution < -0.4 is 20.5 Å². The number of hydrogen-bond acceptors (Lipinski definition) is 8. The molecule has 0 aliphatic heterocycles. The van der Waals surface area contributed by atoms with Crippen molar-refractivity contribution in [2.45, 2.75) is 57.4 Å². The fourth-order valence-electron chi connectivity index (χ4n) is 4.48. The zero-order valence-corrected chi connectivity index (χ0v) is 22.9. The van der Waals surface area contributed by atoms with E-state index in [1.807, 2.05) is 64.2 Å². The van der Waals surface area contributed by atoms with Gasteiger partial charge in [-0.2, -0.15) is 0 Å². The largest absolute Gasteiger partial charge is 0.496 e. The van der Waals surface area contributed by atoms with E-state index in [4.69, 9.17) is 26.0 Å². The number of methoxy groups -OCH3 is 1. The SMILES string of the molecule is COc1cc(C)ccc1SNCC(C(=N)OC(N)=O)C(C)c1c(C)ccc(/C(C=N)=C/NC2CC2)c1C. The molecule has 8 nitrogen and oxygen atoms in total. The maximum absolute atomic E-state index is 11.5. The van der Waals surface area contributed by atoms with Crippen molar-refractivity contribution in [3.8, 4) is 5.75 Å². The van der Waals surface area contributed by atoms with Crippen LogP contribution in [0, 0.1) is 37.5 Å². The van der Waals surface area contributed by atoms with Gasteiger partial charge in [0.15, 0.2) is 5.90 Å². The standard InChI is InChI=1S/C28H37N5O3S/c1-16-6-11-25(24(12-16)35-5)37-33-15-23(27(30)36-28(31)34)19(4)26-17(2)7-10-22(18(26)3)20(13-29)14-32-21-8-9-21/h6-7,10-14,19,21,23,29-30,32-33H,8-9,15H2,1-5H3,(H2,31,34)/b20-14+,29-13?,30-27?. The quantitative estimate of drug-likeness (QED) is 0.143. The number of carbonyl (C=O) groups is 1. The number of rotatable bonds is 12. The number of amides is 1. The Hall–Kier alpha value is -3.30. The Bertz CT molecular complexity index is 1190. The average Bonchev–Trinajstić information content (AvgIpc) is 3.68. The van der Waals surface area contributed by atoms with Crippen molar-refractivity contribution >= 4 is 35.7 Å². The fourth-order valence-corrected chi connectivity index (χ4v) is 5.28. The zero-order chi connectivity index (χ0) is 27.1. The lowest BCUT2D eigenvalue weighted by Gasteiger charge is -2.28. The third kappa shape index (κ3) is 7.36. The maximum atomic E-state index is 11.5. The van der Waals surface area contributed by atoms with Crippen LogP contribution >= 0.6 is 11.9 Å². The number of carbonyl (C=O) groups excluding carboxylic acids is 1. The topological polar surface area (TPSA) is 133 Å². The summed E-state index contributed by atoms with van der Waals surface area (Å²) in [6.07, 6.45) is 4.59. The smallest absolute Gasteiger partial charge is 0.411 e. The maximum Gasteiger partial charge on any atom is 0.411 e. The number of hydrogen-bond donors (Lipinski definition) is 5. The molecule has 0 saturated heterocycles. The minimum Gasteiger partial charge on any atom is -0.496 e. The second-order valence-electron chi connectivity index (χ2n) is 9.44. The molecule has 37 heavy (non-hydrogen) atoms. The zero-order valence-electron chi connectivity index (χ0n) is 22.1. The lowest BCUT2D eigenvalue weighted by molar-refractivity contribution is 0.202. The Balaban J connectivity index is 1.88. The summed E-state index contributed by atoms with van der Waals surface area (Å²) in [7, 11) is 1.63. The lowest BCUT2D eigenvalue weighted by atomic mass is 9.80. The molecule has 198 valence electrons. The van der Waals surface area contributed by atoms with Crippen molar-refractivity contribution < 1.29 is 14.3 Å². The van der Waals surface area contributed by atoms with Crippen LogP contribution in [0.3, 0.4) is 0 Å². The first-order chi connectivity index (χ1) is 17.7. The molecule has 1 fully saturated rings. The third-order valence-corrected chi connectivity index (χ3v) is 7.53. The van der Waals surface area contributed by atoms with Gasteiger partial charge in [0.1, 0.15) is 5.75 Å². The molecule has 2 atom stereocenters. The van der Waals surface area contributed by atoms with Gasteiger partial charge < -0.3 is 25.9 Å². The second kappa shape index (κ2) is 12.8. The van der Waals surface area contributed by atoms with E-state index in [1.54, 1.807) is 7.11 Å². The van der Waals surface area contributed by atoms with Gasteiger partial charge in [0.25, 0.3) is 0 Å². The number of benzene rings is 2. The number of aryl methyl sites for hydroxylation is 2. The van der Waals surface area contributed by atoms with Crippen molar-refractivity contribution in [2.75, 3.05) is 13.7 Å². The minimum atomic E-state index is -1.00. The van der Waals surface area contributed by atoms with Crippen LogP contribution in [0.4, 0.5) is 4.79 Å². The Morgan fingerprint density at radius 3 is 2.59 bits per heavy atom. The van der Waals surface area contributed by atoms with Crippen LogP contribution in [-0.4, -0.2) is 37.9 Å². The minimum absolute atomic E-state index is 0.178. The molecular weight excluding hydrogens is 486 g/mol. The predicted octanol–water partition coefficient (Wildman–Crippen LogP) is 5.45. The number of nitrogens with two attached hydrogens (primary N) is 1. The highest BCUT2D eigenvalue weighted by Gasteiger charge is 2.29. The monoisotopic (exact) mass is 523 g/mol. The molecule has 1 saturated carbocycles. The van der Waals surface area contributed by atoms with E-state index < -0.39 is 12.0 Å². The molecule has 0 heterocycles. The first kappa shape index (κ1) is 28.3. The van der Waals surface area contributed by atoms with Gasteiger partial charge in [-0.3, -0.25) is 10.1 Å². The highest BCUT2D eigenvalue weighted by Crippen LogP contribution is 2.35. The highest BCUT2D eigenvalue weighted by molar-refractivity contribution is 7.97. The molecule has 1 aliphatic carbocycles. The highest BCUT2D eigenvalue weighted by atomic mass is 32.2. The summed E-state index contributed by atoms with van der Waals surface area (Å²) >= 11 is 1.40. The molecule has 1 amide bonds. The average molecular weight is 524 g/mol. The first-order valence-corrected chi connectivity index (χ1v) is 13.1. The van der Waals surface area contributed by atoms with E-state index in [1.165, 1.54) is 18.2 Å². The first-order valence-electron chi connectivity index (χ1n) is 12.3. The van der Waals surface area contributed by atoms with E-state index in [0.29, 0.717) is 12.6 Å². The molecule has 2 aromatic rings. The molecular formula is C28H37N5O3S. The molecule has 3 rings (SSSR count). The molecule has 1 aliphatic rings. The van der Waals surface area contributed by atoms with Gasteiger partial charge in [-0.05, 0) is 91.4 Å². The second-order valence-corrected chi connectivity index (χ2v) is 10.4. The van der Waals surface area contributed by atoms with Crippen molar-refractivity contribution in [1.82, 2.24) is 10.0 Å². The number of primary amides is 1. The number of allylic oxidation sites excluding steroid dienone is 1. The predicted molar refractivity (Wildman–Crippen MR) is 151 cm³/mol. The molecule has 2 aromatic carbocycles. The van der Waals surface area contributed by atoms with Gasteiger partial charge in [0.2, 0.25) is 0 Å². The van der Waals surface area contributed by atoms with Crippen LogP contribution in [0.15, 0.2) is 41.4 Å². The lowest BCUT2D eigenvalue weighted by Crippen LogP contribution is -2.34. The summed E-state index contributed by atoms with van der Waals surface area (Å²) in [5, 5.41) is 19.9. The Kier molecular flexibility index (Phi) is 9.77. The Labute approximate surface area is 223 Å². The van der Waals surface area contributed by atoms with Gasteiger partial charge >= 0.3 is 6.09 Å². The van der Waals surface area contributed by atoms with Crippen LogP contribution in [0.2, 0.25) is 0 Å². The van der Waals surface area contributed by atoms with Crippen LogP contribution in [0.25, 0.3) is 5.57 Å². The third-order valence-electron chi connectivity index (χ3n) is 6.66. The molecule has 9 heteroatoms.